The summed E-state index contributed by atoms with van der Waals surface area (Å²) in [6.07, 6.45) is 3.31. The summed E-state index contributed by atoms with van der Waals surface area (Å²) in [6, 6.07) is 6.18. The maximum atomic E-state index is 8.87. The standard InChI is InChI=1S/C12H16N4/c1-8-5-9(7-13)6-12(15-8)16-11-4-2-3-10(11)14/h5-6,10-11H,2-4,14H2,1H3,(H,15,16). The van der Waals surface area contributed by atoms with Crippen LogP contribution in [0.3, 0.4) is 0 Å². The Morgan fingerprint density at radius 3 is 2.94 bits per heavy atom. The molecule has 1 aliphatic carbocycles. The van der Waals surface area contributed by atoms with Gasteiger partial charge in [-0.3, -0.25) is 0 Å². The van der Waals surface area contributed by atoms with Crippen LogP contribution in [-0.2, 0) is 0 Å². The molecule has 1 saturated carbocycles. The van der Waals surface area contributed by atoms with E-state index >= 15 is 0 Å². The summed E-state index contributed by atoms with van der Waals surface area (Å²) in [6.45, 7) is 1.89. The molecule has 2 atom stereocenters. The summed E-state index contributed by atoms with van der Waals surface area (Å²) in [7, 11) is 0. The van der Waals surface area contributed by atoms with E-state index in [0.29, 0.717) is 11.6 Å². The third-order valence-corrected chi connectivity index (χ3v) is 2.99. The Balaban J connectivity index is 2.15. The van der Waals surface area contributed by atoms with Gasteiger partial charge in [0.1, 0.15) is 5.82 Å². The Bertz CT molecular complexity index is 422. The van der Waals surface area contributed by atoms with Crippen molar-refractivity contribution in [3.63, 3.8) is 0 Å². The molecule has 3 N–H and O–H groups in total. The van der Waals surface area contributed by atoms with Crippen molar-refractivity contribution in [1.82, 2.24) is 4.98 Å². The van der Waals surface area contributed by atoms with Gasteiger partial charge in [-0.05, 0) is 38.3 Å². The van der Waals surface area contributed by atoms with E-state index in [1.807, 2.05) is 6.92 Å². The van der Waals surface area contributed by atoms with Gasteiger partial charge in [0.05, 0.1) is 11.6 Å². The highest BCUT2D eigenvalue weighted by Crippen LogP contribution is 2.21. The van der Waals surface area contributed by atoms with Crippen molar-refractivity contribution in [1.29, 1.82) is 5.26 Å². The third-order valence-electron chi connectivity index (χ3n) is 2.99. The molecule has 0 radical (unpaired) electrons. The van der Waals surface area contributed by atoms with Crippen molar-refractivity contribution in [3.8, 4) is 6.07 Å². The van der Waals surface area contributed by atoms with E-state index in [1.165, 1.54) is 0 Å². The topological polar surface area (TPSA) is 74.7 Å². The molecule has 0 bridgehead atoms. The molecular weight excluding hydrogens is 200 g/mol. The number of nitrogens with one attached hydrogen (secondary N) is 1. The fourth-order valence-electron chi connectivity index (χ4n) is 2.16. The smallest absolute Gasteiger partial charge is 0.127 e. The maximum absolute atomic E-state index is 8.87. The number of rotatable bonds is 2. The molecule has 4 heteroatoms. The maximum Gasteiger partial charge on any atom is 0.127 e. The van der Waals surface area contributed by atoms with E-state index in [4.69, 9.17) is 11.0 Å². The zero-order valence-electron chi connectivity index (χ0n) is 9.40. The number of nitriles is 1. The van der Waals surface area contributed by atoms with Crippen LogP contribution in [0, 0.1) is 18.3 Å². The third kappa shape index (κ3) is 2.31. The number of aryl methyl sites for hydroxylation is 1. The summed E-state index contributed by atoms with van der Waals surface area (Å²) in [5, 5.41) is 12.2. The lowest BCUT2D eigenvalue weighted by Crippen LogP contribution is -2.35. The first-order chi connectivity index (χ1) is 7.69. The first-order valence-corrected chi connectivity index (χ1v) is 5.60. The highest BCUT2D eigenvalue weighted by molar-refractivity contribution is 5.45. The summed E-state index contributed by atoms with van der Waals surface area (Å²) in [4.78, 5) is 4.36. The summed E-state index contributed by atoms with van der Waals surface area (Å²) < 4.78 is 0. The first kappa shape index (κ1) is 10.9. The molecule has 0 aliphatic heterocycles. The van der Waals surface area contributed by atoms with Gasteiger partial charge in [-0.25, -0.2) is 4.98 Å². The minimum atomic E-state index is 0.202. The molecule has 84 valence electrons. The number of anilines is 1. The number of pyridine rings is 1. The number of aromatic nitrogens is 1. The minimum Gasteiger partial charge on any atom is -0.366 e. The Kier molecular flexibility index (Phi) is 3.07. The second-order valence-corrected chi connectivity index (χ2v) is 4.34. The predicted octanol–water partition coefficient (Wildman–Crippen LogP) is 1.55. The molecule has 0 saturated heterocycles. The van der Waals surface area contributed by atoms with Crippen LogP contribution in [0.15, 0.2) is 12.1 Å². The van der Waals surface area contributed by atoms with Gasteiger partial charge in [-0.2, -0.15) is 5.26 Å². The molecule has 1 aromatic rings. The predicted molar refractivity (Wildman–Crippen MR) is 62.9 cm³/mol. The van der Waals surface area contributed by atoms with Crippen molar-refractivity contribution in [2.24, 2.45) is 5.73 Å². The van der Waals surface area contributed by atoms with Crippen molar-refractivity contribution in [2.75, 3.05) is 5.32 Å². The molecule has 0 amide bonds. The Morgan fingerprint density at radius 1 is 1.50 bits per heavy atom. The first-order valence-electron chi connectivity index (χ1n) is 5.60. The van der Waals surface area contributed by atoms with Crippen LogP contribution in [0.1, 0.15) is 30.5 Å². The van der Waals surface area contributed by atoms with Crippen molar-refractivity contribution < 1.29 is 0 Å². The van der Waals surface area contributed by atoms with Crippen LogP contribution in [0.4, 0.5) is 5.82 Å². The lowest BCUT2D eigenvalue weighted by molar-refractivity contribution is 0.635. The molecular formula is C12H16N4. The van der Waals surface area contributed by atoms with Gasteiger partial charge in [-0.1, -0.05) is 0 Å². The highest BCUT2D eigenvalue weighted by atomic mass is 15.0. The van der Waals surface area contributed by atoms with Gasteiger partial charge in [0, 0.05) is 17.8 Å². The fraction of sp³-hybridized carbons (Fsp3) is 0.500. The second-order valence-electron chi connectivity index (χ2n) is 4.34. The van der Waals surface area contributed by atoms with Crippen LogP contribution in [0.5, 0.6) is 0 Å². The minimum absolute atomic E-state index is 0.202. The van der Waals surface area contributed by atoms with Crippen LogP contribution in [0.25, 0.3) is 0 Å². The summed E-state index contributed by atoms with van der Waals surface area (Å²) >= 11 is 0. The summed E-state index contributed by atoms with van der Waals surface area (Å²) in [5.74, 6) is 0.763. The van der Waals surface area contributed by atoms with E-state index in [-0.39, 0.29) is 6.04 Å². The average molecular weight is 216 g/mol. The van der Waals surface area contributed by atoms with E-state index in [2.05, 4.69) is 16.4 Å². The molecule has 1 aromatic heterocycles. The van der Waals surface area contributed by atoms with Crippen LogP contribution in [0.2, 0.25) is 0 Å². The van der Waals surface area contributed by atoms with Crippen LogP contribution in [-0.4, -0.2) is 17.1 Å². The quantitative estimate of drug-likeness (QED) is 0.786. The number of nitrogens with two attached hydrogens (primary N) is 1. The van der Waals surface area contributed by atoms with Gasteiger partial charge < -0.3 is 11.1 Å². The fourth-order valence-corrected chi connectivity index (χ4v) is 2.16. The van der Waals surface area contributed by atoms with E-state index in [1.54, 1.807) is 12.1 Å². The van der Waals surface area contributed by atoms with Gasteiger partial charge in [0.15, 0.2) is 0 Å². The Hall–Kier alpha value is -1.60. The molecule has 2 rings (SSSR count). The highest BCUT2D eigenvalue weighted by Gasteiger charge is 2.23. The van der Waals surface area contributed by atoms with E-state index in [9.17, 15) is 0 Å². The Labute approximate surface area is 95.5 Å². The molecule has 0 spiro atoms. The monoisotopic (exact) mass is 216 g/mol. The van der Waals surface area contributed by atoms with E-state index in [0.717, 1.165) is 30.8 Å². The van der Waals surface area contributed by atoms with Crippen LogP contribution < -0.4 is 11.1 Å². The van der Waals surface area contributed by atoms with Crippen LogP contribution >= 0.6 is 0 Å². The number of nitrogens with zero attached hydrogens (tertiary/aromatic N) is 2. The molecule has 4 nitrogen and oxygen atoms in total. The molecule has 0 aromatic carbocycles. The van der Waals surface area contributed by atoms with Crippen molar-refractivity contribution in [3.05, 3.63) is 23.4 Å². The molecule has 1 fully saturated rings. The Morgan fingerprint density at radius 2 is 2.31 bits per heavy atom. The van der Waals surface area contributed by atoms with Gasteiger partial charge in [-0.15, -0.1) is 0 Å². The summed E-state index contributed by atoms with van der Waals surface area (Å²) in [5.41, 5.74) is 7.48. The van der Waals surface area contributed by atoms with Crippen molar-refractivity contribution >= 4 is 5.82 Å². The SMILES string of the molecule is Cc1cc(C#N)cc(NC2CCCC2N)n1. The lowest BCUT2D eigenvalue weighted by atomic mass is 10.2. The number of hydrogen-bond acceptors (Lipinski definition) is 4. The number of hydrogen-bond donors (Lipinski definition) is 2. The van der Waals surface area contributed by atoms with Gasteiger partial charge in [0.25, 0.3) is 0 Å². The van der Waals surface area contributed by atoms with Crippen molar-refractivity contribution in [2.45, 2.75) is 38.3 Å². The molecule has 2 unspecified atom stereocenters. The van der Waals surface area contributed by atoms with E-state index < -0.39 is 0 Å². The van der Waals surface area contributed by atoms with Gasteiger partial charge >= 0.3 is 0 Å². The largest absolute Gasteiger partial charge is 0.366 e. The zero-order chi connectivity index (χ0) is 11.5. The molecule has 1 heterocycles. The lowest BCUT2D eigenvalue weighted by Gasteiger charge is -2.18. The normalized spacial score (nSPS) is 24.1. The average Bonchev–Trinajstić information content (AvgIpc) is 2.63. The molecule has 1 aliphatic rings. The second kappa shape index (κ2) is 4.50. The van der Waals surface area contributed by atoms with Gasteiger partial charge in [0.2, 0.25) is 0 Å². The zero-order valence-corrected chi connectivity index (χ0v) is 9.40. The molecule has 16 heavy (non-hydrogen) atoms.